The molecule has 1 heterocycles. The Balaban J connectivity index is 2.08. The van der Waals surface area contributed by atoms with Gasteiger partial charge >= 0.3 is 5.97 Å². The summed E-state index contributed by atoms with van der Waals surface area (Å²) in [6, 6.07) is 0.389. The van der Waals surface area contributed by atoms with Crippen LogP contribution in [0.4, 0.5) is 0 Å². The highest BCUT2D eigenvalue weighted by Crippen LogP contribution is 2.29. The molecule has 0 saturated carbocycles. The van der Waals surface area contributed by atoms with Crippen LogP contribution in [0.1, 0.15) is 50.4 Å². The molecular weight excluding hydrogens is 242 g/mol. The van der Waals surface area contributed by atoms with E-state index in [1.165, 1.54) is 11.3 Å². The fourth-order valence-electron chi connectivity index (χ4n) is 2.61. The van der Waals surface area contributed by atoms with Crippen LogP contribution < -0.4 is 5.32 Å². The summed E-state index contributed by atoms with van der Waals surface area (Å²) in [7, 11) is 0. The fourth-order valence-corrected chi connectivity index (χ4v) is 2.61. The number of hydrogen-bond donors (Lipinski definition) is 1. The lowest BCUT2D eigenvalue weighted by Gasteiger charge is -2.24. The third-order valence-electron chi connectivity index (χ3n) is 3.49. The Hall–Kier alpha value is -1.36. The van der Waals surface area contributed by atoms with Crippen molar-refractivity contribution in [3.63, 3.8) is 0 Å². The van der Waals surface area contributed by atoms with Crippen molar-refractivity contribution < 1.29 is 9.53 Å². The number of fused-ring (bicyclic) bond motifs is 1. The van der Waals surface area contributed by atoms with Crippen molar-refractivity contribution in [2.45, 2.75) is 52.1 Å². The van der Waals surface area contributed by atoms with E-state index < -0.39 is 0 Å². The predicted octanol–water partition coefficient (Wildman–Crippen LogP) is 1.82. The molecule has 106 valence electrons. The van der Waals surface area contributed by atoms with Crippen LogP contribution >= 0.6 is 0 Å². The fraction of sp³-hybridized carbons (Fsp3) is 0.714. The van der Waals surface area contributed by atoms with Gasteiger partial charge in [0, 0.05) is 17.3 Å². The van der Waals surface area contributed by atoms with Crippen LogP contribution in [0.2, 0.25) is 0 Å². The number of hydrogen-bond acceptors (Lipinski definition) is 4. The highest BCUT2D eigenvalue weighted by atomic mass is 16.5. The third kappa shape index (κ3) is 3.35. The summed E-state index contributed by atoms with van der Waals surface area (Å²) in [6.07, 6.45) is 6.32. The van der Waals surface area contributed by atoms with Crippen LogP contribution in [0.3, 0.4) is 0 Å². The average Bonchev–Trinajstić information content (AvgIpc) is 2.80. The number of nitrogens with zero attached hydrogens (tertiary/aromatic N) is 2. The average molecular weight is 265 g/mol. The van der Waals surface area contributed by atoms with E-state index in [1.54, 1.807) is 4.68 Å². The van der Waals surface area contributed by atoms with E-state index in [2.05, 4.69) is 17.3 Å². The number of carbonyl (C=O) groups excluding carboxylic acids is 1. The van der Waals surface area contributed by atoms with Crippen LogP contribution in [-0.2, 0) is 22.5 Å². The van der Waals surface area contributed by atoms with E-state index in [0.29, 0.717) is 12.6 Å². The maximum absolute atomic E-state index is 11.6. The predicted molar refractivity (Wildman–Crippen MR) is 72.8 cm³/mol. The maximum atomic E-state index is 11.6. The molecule has 5 nitrogen and oxygen atoms in total. The standard InChI is InChI=1S/C14H23N3O2/c1-3-8-15-12-6-5-7-13-11(12)9-16-17(13)10-14(18)19-4-2/h9,12,15H,3-8,10H2,1-2H3. The van der Waals surface area contributed by atoms with Crippen LogP contribution in [0.25, 0.3) is 0 Å². The van der Waals surface area contributed by atoms with E-state index in [9.17, 15) is 4.79 Å². The largest absolute Gasteiger partial charge is 0.465 e. The van der Waals surface area contributed by atoms with Crippen molar-refractivity contribution >= 4 is 5.97 Å². The van der Waals surface area contributed by atoms with E-state index in [4.69, 9.17) is 4.74 Å². The summed E-state index contributed by atoms with van der Waals surface area (Å²) in [4.78, 5) is 11.6. The molecule has 1 aromatic heterocycles. The molecule has 5 heteroatoms. The molecule has 1 aromatic rings. The Bertz CT molecular complexity index is 428. The second-order valence-electron chi connectivity index (χ2n) is 4.91. The third-order valence-corrected chi connectivity index (χ3v) is 3.49. The van der Waals surface area contributed by atoms with Crippen molar-refractivity contribution in [1.29, 1.82) is 0 Å². The minimum atomic E-state index is -0.211. The molecule has 19 heavy (non-hydrogen) atoms. The number of ether oxygens (including phenoxy) is 1. The first-order valence-corrected chi connectivity index (χ1v) is 7.19. The molecule has 0 aromatic carbocycles. The summed E-state index contributed by atoms with van der Waals surface area (Å²) in [5.41, 5.74) is 2.44. The zero-order chi connectivity index (χ0) is 13.7. The molecule has 1 aliphatic rings. The number of carbonyl (C=O) groups is 1. The van der Waals surface area contributed by atoms with Gasteiger partial charge in [-0.25, -0.2) is 0 Å². The van der Waals surface area contributed by atoms with E-state index in [1.807, 2.05) is 13.1 Å². The molecular formula is C14H23N3O2. The Morgan fingerprint density at radius 2 is 2.42 bits per heavy atom. The quantitative estimate of drug-likeness (QED) is 0.797. The van der Waals surface area contributed by atoms with Crippen molar-refractivity contribution in [2.75, 3.05) is 13.2 Å². The lowest BCUT2D eigenvalue weighted by Crippen LogP contribution is -2.26. The molecule has 0 saturated heterocycles. The Kier molecular flexibility index (Phi) is 4.96. The van der Waals surface area contributed by atoms with Crippen molar-refractivity contribution in [1.82, 2.24) is 15.1 Å². The van der Waals surface area contributed by atoms with Gasteiger partial charge in [0.15, 0.2) is 0 Å². The van der Waals surface area contributed by atoms with Crippen LogP contribution in [-0.4, -0.2) is 28.9 Å². The summed E-state index contributed by atoms with van der Waals surface area (Å²) in [5, 5.41) is 7.90. The molecule has 1 atom stereocenters. The SMILES string of the molecule is CCCNC1CCCc2c1cnn2CC(=O)OCC. The summed E-state index contributed by atoms with van der Waals surface area (Å²) in [6.45, 7) is 5.65. The van der Waals surface area contributed by atoms with Crippen molar-refractivity contribution in [3.8, 4) is 0 Å². The highest BCUT2D eigenvalue weighted by Gasteiger charge is 2.24. The first-order chi connectivity index (χ1) is 9.26. The molecule has 0 radical (unpaired) electrons. The van der Waals surface area contributed by atoms with Gasteiger partial charge in [-0.2, -0.15) is 5.10 Å². The smallest absolute Gasteiger partial charge is 0.327 e. The normalized spacial score (nSPS) is 18.1. The minimum absolute atomic E-state index is 0.211. The molecule has 0 spiro atoms. The summed E-state index contributed by atoms with van der Waals surface area (Å²) in [5.74, 6) is -0.211. The Morgan fingerprint density at radius 3 is 3.16 bits per heavy atom. The topological polar surface area (TPSA) is 56.2 Å². The van der Waals surface area contributed by atoms with Gasteiger partial charge in [0.25, 0.3) is 0 Å². The molecule has 1 unspecified atom stereocenters. The second kappa shape index (κ2) is 6.70. The van der Waals surface area contributed by atoms with Gasteiger partial charge in [-0.3, -0.25) is 9.48 Å². The molecule has 1 aliphatic carbocycles. The van der Waals surface area contributed by atoms with Gasteiger partial charge in [-0.05, 0) is 39.2 Å². The van der Waals surface area contributed by atoms with Crippen LogP contribution in [0.15, 0.2) is 6.20 Å². The van der Waals surface area contributed by atoms with Crippen LogP contribution in [0.5, 0.6) is 0 Å². The first kappa shape index (κ1) is 14.1. The lowest BCUT2D eigenvalue weighted by molar-refractivity contribution is -0.144. The van der Waals surface area contributed by atoms with Gasteiger partial charge in [-0.15, -0.1) is 0 Å². The minimum Gasteiger partial charge on any atom is -0.465 e. The second-order valence-corrected chi connectivity index (χ2v) is 4.91. The van der Waals surface area contributed by atoms with Crippen LogP contribution in [0, 0.1) is 0 Å². The summed E-state index contributed by atoms with van der Waals surface area (Å²) >= 11 is 0. The summed E-state index contributed by atoms with van der Waals surface area (Å²) < 4.78 is 6.78. The number of aromatic nitrogens is 2. The number of esters is 1. The molecule has 0 aliphatic heterocycles. The monoisotopic (exact) mass is 265 g/mol. The van der Waals surface area contributed by atoms with E-state index in [-0.39, 0.29) is 12.5 Å². The maximum Gasteiger partial charge on any atom is 0.327 e. The molecule has 0 amide bonds. The first-order valence-electron chi connectivity index (χ1n) is 7.19. The van der Waals surface area contributed by atoms with Gasteiger partial charge in [0.05, 0.1) is 12.8 Å². The van der Waals surface area contributed by atoms with Gasteiger partial charge in [-0.1, -0.05) is 6.92 Å². The number of nitrogens with one attached hydrogen (secondary N) is 1. The Morgan fingerprint density at radius 1 is 1.58 bits per heavy atom. The highest BCUT2D eigenvalue weighted by molar-refractivity contribution is 5.69. The number of rotatable bonds is 6. The van der Waals surface area contributed by atoms with Gasteiger partial charge in [0.2, 0.25) is 0 Å². The molecule has 2 rings (SSSR count). The van der Waals surface area contributed by atoms with Crippen molar-refractivity contribution in [2.24, 2.45) is 0 Å². The molecule has 0 fully saturated rings. The molecule has 1 N–H and O–H groups in total. The zero-order valence-corrected chi connectivity index (χ0v) is 11.8. The molecule has 0 bridgehead atoms. The van der Waals surface area contributed by atoms with Crippen molar-refractivity contribution in [3.05, 3.63) is 17.5 Å². The Labute approximate surface area is 114 Å². The van der Waals surface area contributed by atoms with Gasteiger partial charge in [0.1, 0.15) is 6.54 Å². The zero-order valence-electron chi connectivity index (χ0n) is 11.8. The van der Waals surface area contributed by atoms with E-state index in [0.717, 1.165) is 32.2 Å². The lowest BCUT2D eigenvalue weighted by atomic mass is 9.93. The van der Waals surface area contributed by atoms with E-state index >= 15 is 0 Å². The van der Waals surface area contributed by atoms with Gasteiger partial charge < -0.3 is 10.1 Å².